The minimum absolute atomic E-state index is 0.314. The Labute approximate surface area is 226 Å². The van der Waals surface area contributed by atoms with Crippen molar-refractivity contribution in [2.75, 3.05) is 6.61 Å². The molecule has 0 aliphatic carbocycles. The van der Waals surface area contributed by atoms with Crippen LogP contribution < -0.4 is 5.43 Å². The van der Waals surface area contributed by atoms with Gasteiger partial charge in [-0.1, -0.05) is 60.7 Å². The van der Waals surface area contributed by atoms with Gasteiger partial charge in [-0.2, -0.15) is 5.10 Å². The van der Waals surface area contributed by atoms with E-state index in [4.69, 9.17) is 4.74 Å². The lowest BCUT2D eigenvalue weighted by atomic mass is 10.1. The lowest BCUT2D eigenvalue weighted by Crippen LogP contribution is -2.17. The molecule has 0 aliphatic rings. The van der Waals surface area contributed by atoms with Crippen LogP contribution in [0.25, 0.3) is 28.2 Å². The average molecular weight is 515 g/mol. The third-order valence-electron chi connectivity index (χ3n) is 6.08. The van der Waals surface area contributed by atoms with Gasteiger partial charge in [-0.15, -0.1) is 0 Å². The van der Waals surface area contributed by atoms with Crippen molar-refractivity contribution in [2.45, 2.75) is 6.92 Å². The Kier molecular flexibility index (Phi) is 7.69. The number of nitrogens with one attached hydrogen (secondary N) is 1. The highest BCUT2D eigenvalue weighted by atomic mass is 16.5. The molecule has 5 aromatic rings. The van der Waals surface area contributed by atoms with Crippen molar-refractivity contribution >= 4 is 18.1 Å². The molecule has 0 aliphatic heterocycles. The fourth-order valence-electron chi connectivity index (χ4n) is 4.29. The predicted octanol–water partition coefficient (Wildman–Crippen LogP) is 6.15. The molecule has 7 nitrogen and oxygen atoms in total. The zero-order valence-electron chi connectivity index (χ0n) is 21.3. The third-order valence-corrected chi connectivity index (χ3v) is 6.08. The molecule has 0 unspecified atom stereocenters. The summed E-state index contributed by atoms with van der Waals surface area (Å²) < 4.78 is 7.29. The molecule has 0 bridgehead atoms. The first kappa shape index (κ1) is 25.4. The Hall–Kier alpha value is -5.30. The molecule has 0 radical (unpaired) electrons. The molecule has 0 fully saturated rings. The maximum atomic E-state index is 12.5. The number of carbonyl (C=O) groups excluding carboxylic acids is 2. The lowest BCUT2D eigenvalue weighted by Gasteiger charge is -2.15. The van der Waals surface area contributed by atoms with E-state index in [9.17, 15) is 9.59 Å². The van der Waals surface area contributed by atoms with Crippen molar-refractivity contribution in [3.05, 3.63) is 132 Å². The van der Waals surface area contributed by atoms with Crippen LogP contribution in [-0.2, 0) is 4.74 Å². The molecular formula is C32H26N4O3. The quantitative estimate of drug-likeness (QED) is 0.153. The summed E-state index contributed by atoms with van der Waals surface area (Å²) in [6, 6.07) is 32.7. The summed E-state index contributed by atoms with van der Waals surface area (Å²) in [6.07, 6.45) is 4.75. The summed E-state index contributed by atoms with van der Waals surface area (Å²) in [7, 11) is 0. The van der Waals surface area contributed by atoms with E-state index in [0.29, 0.717) is 17.7 Å². The topological polar surface area (TPSA) is 85.6 Å². The number of aromatic nitrogens is 2. The zero-order chi connectivity index (χ0) is 27.0. The van der Waals surface area contributed by atoms with E-state index in [-0.39, 0.29) is 11.9 Å². The molecule has 3 aromatic carbocycles. The second-order valence-corrected chi connectivity index (χ2v) is 8.61. The number of pyridine rings is 1. The van der Waals surface area contributed by atoms with Crippen molar-refractivity contribution in [3.8, 4) is 28.2 Å². The first-order valence-electron chi connectivity index (χ1n) is 12.5. The van der Waals surface area contributed by atoms with Crippen molar-refractivity contribution in [1.82, 2.24) is 15.0 Å². The first-order valence-corrected chi connectivity index (χ1v) is 12.5. The van der Waals surface area contributed by atoms with Gasteiger partial charge in [-0.3, -0.25) is 9.78 Å². The molecule has 1 amide bonds. The molecule has 2 heterocycles. The number of benzene rings is 3. The zero-order valence-corrected chi connectivity index (χ0v) is 21.3. The standard InChI is InChI=1S/C32H26N4O3/c1-2-39-32(38)25-15-17-28(18-16-25)36-29(23-10-5-3-6-11-23)20-27(30(36)24-12-7-4-8-13-24)22-34-35-31(37)26-14-9-19-33-21-26/h3-22H,2H2,1H3,(H,35,37)/b34-22-. The van der Waals surface area contributed by atoms with Crippen LogP contribution in [0.4, 0.5) is 0 Å². The van der Waals surface area contributed by atoms with Gasteiger partial charge in [0.15, 0.2) is 0 Å². The third kappa shape index (κ3) is 5.67. The molecule has 0 saturated carbocycles. The Balaban J connectivity index is 1.63. The van der Waals surface area contributed by atoms with E-state index in [0.717, 1.165) is 33.8 Å². The summed E-state index contributed by atoms with van der Waals surface area (Å²) >= 11 is 0. The number of hydrazone groups is 1. The molecule has 192 valence electrons. The minimum atomic E-state index is -0.361. The van der Waals surface area contributed by atoms with E-state index in [2.05, 4.69) is 20.1 Å². The van der Waals surface area contributed by atoms with E-state index in [1.165, 1.54) is 6.20 Å². The molecule has 1 N–H and O–H groups in total. The number of hydrogen-bond acceptors (Lipinski definition) is 5. The Morgan fingerprint density at radius 1 is 0.872 bits per heavy atom. The van der Waals surface area contributed by atoms with Crippen LogP contribution in [0.3, 0.4) is 0 Å². The van der Waals surface area contributed by atoms with Crippen molar-refractivity contribution in [2.24, 2.45) is 5.10 Å². The highest BCUT2D eigenvalue weighted by molar-refractivity contribution is 5.97. The number of nitrogens with zero attached hydrogens (tertiary/aromatic N) is 3. The molecule has 2 aromatic heterocycles. The number of amides is 1. The summed E-state index contributed by atoms with van der Waals surface area (Å²) in [6.45, 7) is 2.10. The van der Waals surface area contributed by atoms with Crippen LogP contribution in [0.5, 0.6) is 0 Å². The van der Waals surface area contributed by atoms with Gasteiger partial charge in [0.1, 0.15) is 0 Å². The van der Waals surface area contributed by atoms with Crippen LogP contribution in [0.2, 0.25) is 0 Å². The average Bonchev–Trinajstić information content (AvgIpc) is 3.38. The fourth-order valence-corrected chi connectivity index (χ4v) is 4.29. The highest BCUT2D eigenvalue weighted by Gasteiger charge is 2.19. The fraction of sp³-hybridized carbons (Fsp3) is 0.0625. The maximum Gasteiger partial charge on any atom is 0.338 e. The number of esters is 1. The molecule has 39 heavy (non-hydrogen) atoms. The van der Waals surface area contributed by atoms with Gasteiger partial charge in [0, 0.05) is 23.6 Å². The highest BCUT2D eigenvalue weighted by Crippen LogP contribution is 2.35. The smallest absolute Gasteiger partial charge is 0.338 e. The largest absolute Gasteiger partial charge is 0.462 e. The summed E-state index contributed by atoms with van der Waals surface area (Å²) in [5.74, 6) is -0.710. The molecule has 5 rings (SSSR count). The van der Waals surface area contributed by atoms with Crippen LogP contribution in [0, 0.1) is 0 Å². The van der Waals surface area contributed by atoms with Crippen molar-refractivity contribution < 1.29 is 14.3 Å². The van der Waals surface area contributed by atoms with Gasteiger partial charge in [0.25, 0.3) is 5.91 Å². The van der Waals surface area contributed by atoms with Crippen molar-refractivity contribution in [1.29, 1.82) is 0 Å². The van der Waals surface area contributed by atoms with Gasteiger partial charge in [-0.05, 0) is 60.5 Å². The summed E-state index contributed by atoms with van der Waals surface area (Å²) in [4.78, 5) is 28.8. The number of hydrogen-bond donors (Lipinski definition) is 1. The molecule has 0 saturated heterocycles. The number of carbonyl (C=O) groups is 2. The van der Waals surface area contributed by atoms with E-state index < -0.39 is 0 Å². The monoisotopic (exact) mass is 514 g/mol. The first-order chi connectivity index (χ1) is 19.2. The van der Waals surface area contributed by atoms with E-state index in [1.54, 1.807) is 43.6 Å². The van der Waals surface area contributed by atoms with Crippen LogP contribution in [0.1, 0.15) is 33.2 Å². The summed E-state index contributed by atoms with van der Waals surface area (Å²) in [5.41, 5.74) is 8.95. The predicted molar refractivity (Wildman–Crippen MR) is 152 cm³/mol. The van der Waals surface area contributed by atoms with Crippen LogP contribution in [-0.4, -0.2) is 34.2 Å². The van der Waals surface area contributed by atoms with Gasteiger partial charge in [0.05, 0.1) is 35.3 Å². The second kappa shape index (κ2) is 11.8. The van der Waals surface area contributed by atoms with E-state index >= 15 is 0 Å². The Morgan fingerprint density at radius 2 is 1.56 bits per heavy atom. The number of rotatable bonds is 8. The van der Waals surface area contributed by atoms with Crippen LogP contribution >= 0.6 is 0 Å². The lowest BCUT2D eigenvalue weighted by molar-refractivity contribution is 0.0526. The molecule has 7 heteroatoms. The Bertz CT molecular complexity index is 1590. The normalized spacial score (nSPS) is 10.9. The van der Waals surface area contributed by atoms with Crippen LogP contribution in [0.15, 0.2) is 121 Å². The summed E-state index contributed by atoms with van der Waals surface area (Å²) in [5, 5.41) is 4.28. The Morgan fingerprint density at radius 3 is 2.21 bits per heavy atom. The van der Waals surface area contributed by atoms with Gasteiger partial charge in [0.2, 0.25) is 0 Å². The van der Waals surface area contributed by atoms with E-state index in [1.807, 2.05) is 78.9 Å². The molecule has 0 atom stereocenters. The SMILES string of the molecule is CCOC(=O)c1ccc(-n2c(-c3ccccc3)cc(/C=N\NC(=O)c3cccnc3)c2-c2ccccc2)cc1. The maximum absolute atomic E-state index is 12.5. The molecular weight excluding hydrogens is 488 g/mol. The minimum Gasteiger partial charge on any atom is -0.462 e. The van der Waals surface area contributed by atoms with Crippen molar-refractivity contribution in [3.63, 3.8) is 0 Å². The van der Waals surface area contributed by atoms with Gasteiger partial charge in [-0.25, -0.2) is 10.2 Å². The number of ether oxygens (including phenoxy) is 1. The van der Waals surface area contributed by atoms with Gasteiger partial charge < -0.3 is 9.30 Å². The molecule has 0 spiro atoms. The van der Waals surface area contributed by atoms with Gasteiger partial charge >= 0.3 is 5.97 Å². The second-order valence-electron chi connectivity index (χ2n) is 8.61.